The molecule has 0 saturated carbocycles. The summed E-state index contributed by atoms with van der Waals surface area (Å²) >= 11 is 0. The smallest absolute Gasteiger partial charge is 0.407 e. The molecule has 2 rings (SSSR count). The minimum Gasteiger partial charge on any atom is -0.453 e. The van der Waals surface area contributed by atoms with Gasteiger partial charge in [0.2, 0.25) is 0 Å². The molecule has 1 aromatic carbocycles. The molecule has 2 amide bonds. The third-order valence-corrected chi connectivity index (χ3v) is 4.88. The van der Waals surface area contributed by atoms with Crippen LogP contribution < -0.4 is 16.2 Å². The van der Waals surface area contributed by atoms with Crippen LogP contribution in [0, 0.1) is 17.0 Å². The summed E-state index contributed by atoms with van der Waals surface area (Å²) in [4.78, 5) is 23.8. The van der Waals surface area contributed by atoms with Gasteiger partial charge in [-0.2, -0.15) is 27.1 Å². The lowest BCUT2D eigenvalue weighted by Crippen LogP contribution is -2.60. The number of carbonyl (C=O) groups excluding carboxylic acids is 2. The number of carbonyl (C=O) groups is 2. The number of amides is 2. The molecule has 0 aliphatic carbocycles. The molecule has 1 atom stereocenters. The van der Waals surface area contributed by atoms with Crippen molar-refractivity contribution in [1.29, 1.82) is 0 Å². The summed E-state index contributed by atoms with van der Waals surface area (Å²) in [5.41, 5.74) is 0.343. The molecule has 0 saturated heterocycles. The Bertz CT molecular complexity index is 1020. The SMILES string of the molecule is COC(=O)NC(C(=O)NNCc1c(F)cc(-c2ccn(C(F)F)n2)cc1F)C(C)(C)C(F)(F)F. The fourth-order valence-electron chi connectivity index (χ4n) is 2.73. The second kappa shape index (κ2) is 10.3. The van der Waals surface area contributed by atoms with Crippen molar-refractivity contribution in [1.82, 2.24) is 25.9 Å². The Labute approximate surface area is 188 Å². The van der Waals surface area contributed by atoms with Crippen molar-refractivity contribution in [3.05, 3.63) is 41.6 Å². The predicted octanol–water partition coefficient (Wildman–Crippen LogP) is 3.66. The maximum atomic E-state index is 14.4. The standard InChI is InChI=1S/C19H20F7N5O3/c1-18(2,19(24,25)26)14(28-17(33)34-3)15(32)29-27-8-10-11(20)6-9(7-12(10)21)13-4-5-31(30-13)16(22)23/h4-7,14,16,27H,8H2,1-3H3,(H,28,33)(H,29,32). The summed E-state index contributed by atoms with van der Waals surface area (Å²) in [7, 11) is 0.885. The molecule has 15 heteroatoms. The fourth-order valence-corrected chi connectivity index (χ4v) is 2.73. The lowest BCUT2D eigenvalue weighted by atomic mass is 9.83. The molecule has 1 heterocycles. The van der Waals surface area contributed by atoms with Crippen LogP contribution in [-0.4, -0.2) is 41.1 Å². The number of benzene rings is 1. The number of alkyl carbamates (subject to hydrolysis) is 1. The minimum absolute atomic E-state index is 0.128. The largest absolute Gasteiger partial charge is 0.453 e. The van der Waals surface area contributed by atoms with Gasteiger partial charge >= 0.3 is 18.8 Å². The number of halogens is 7. The van der Waals surface area contributed by atoms with Crippen molar-refractivity contribution in [2.24, 2.45) is 5.41 Å². The maximum absolute atomic E-state index is 14.4. The molecule has 188 valence electrons. The Balaban J connectivity index is 2.14. The van der Waals surface area contributed by atoms with Crippen molar-refractivity contribution >= 4 is 12.0 Å². The van der Waals surface area contributed by atoms with Gasteiger partial charge in [0.1, 0.15) is 17.7 Å². The molecule has 0 bridgehead atoms. The van der Waals surface area contributed by atoms with Crippen molar-refractivity contribution in [2.75, 3.05) is 7.11 Å². The highest BCUT2D eigenvalue weighted by molar-refractivity contribution is 5.86. The lowest BCUT2D eigenvalue weighted by molar-refractivity contribution is -0.220. The van der Waals surface area contributed by atoms with Gasteiger partial charge in [0.25, 0.3) is 5.91 Å². The van der Waals surface area contributed by atoms with E-state index >= 15 is 0 Å². The van der Waals surface area contributed by atoms with Crippen LogP contribution in [0.1, 0.15) is 26.0 Å². The van der Waals surface area contributed by atoms with E-state index in [-0.39, 0.29) is 15.9 Å². The van der Waals surface area contributed by atoms with Gasteiger partial charge in [-0.15, -0.1) is 0 Å². The first-order chi connectivity index (χ1) is 15.7. The summed E-state index contributed by atoms with van der Waals surface area (Å²) in [6, 6.07) is 0.590. The Morgan fingerprint density at radius 2 is 1.74 bits per heavy atom. The zero-order valence-corrected chi connectivity index (χ0v) is 17.9. The number of aromatic nitrogens is 2. The molecule has 1 unspecified atom stereocenters. The van der Waals surface area contributed by atoms with Gasteiger partial charge in [-0.25, -0.2) is 23.7 Å². The van der Waals surface area contributed by atoms with Gasteiger partial charge in [0, 0.05) is 23.9 Å². The van der Waals surface area contributed by atoms with Crippen molar-refractivity contribution in [2.45, 2.75) is 39.2 Å². The third-order valence-electron chi connectivity index (χ3n) is 4.88. The topological polar surface area (TPSA) is 97.3 Å². The first-order valence-electron chi connectivity index (χ1n) is 9.44. The molecular formula is C19H20F7N5O3. The highest BCUT2D eigenvalue weighted by Crippen LogP contribution is 2.40. The van der Waals surface area contributed by atoms with Gasteiger partial charge in [0.15, 0.2) is 0 Å². The molecule has 34 heavy (non-hydrogen) atoms. The number of ether oxygens (including phenoxy) is 1. The maximum Gasteiger partial charge on any atom is 0.407 e. The molecule has 0 aliphatic heterocycles. The van der Waals surface area contributed by atoms with E-state index in [1.54, 1.807) is 5.32 Å². The van der Waals surface area contributed by atoms with Crippen LogP contribution in [0.15, 0.2) is 24.4 Å². The van der Waals surface area contributed by atoms with E-state index in [1.165, 1.54) is 0 Å². The molecule has 2 aromatic rings. The molecule has 1 aromatic heterocycles. The van der Waals surface area contributed by atoms with Crippen molar-refractivity contribution in [3.8, 4) is 11.3 Å². The summed E-state index contributed by atoms with van der Waals surface area (Å²) in [5, 5.41) is 5.27. The zero-order valence-electron chi connectivity index (χ0n) is 17.9. The van der Waals surface area contributed by atoms with E-state index in [2.05, 4.69) is 15.3 Å². The number of nitrogens with zero attached hydrogens (tertiary/aromatic N) is 2. The van der Waals surface area contributed by atoms with Crippen LogP contribution in [0.4, 0.5) is 35.5 Å². The van der Waals surface area contributed by atoms with Gasteiger partial charge in [-0.05, 0) is 32.0 Å². The first kappa shape index (κ1) is 26.9. The number of hydrogen-bond acceptors (Lipinski definition) is 5. The third kappa shape index (κ3) is 5.95. The number of nitrogens with one attached hydrogen (secondary N) is 3. The number of hydrogen-bond donors (Lipinski definition) is 3. The lowest BCUT2D eigenvalue weighted by Gasteiger charge is -2.35. The van der Waals surface area contributed by atoms with Crippen LogP contribution in [-0.2, 0) is 16.1 Å². The normalized spacial score (nSPS) is 13.0. The van der Waals surface area contributed by atoms with Crippen LogP contribution in [0.3, 0.4) is 0 Å². The summed E-state index contributed by atoms with van der Waals surface area (Å²) in [6.45, 7) is -2.32. The van der Waals surface area contributed by atoms with Gasteiger partial charge in [-0.1, -0.05) is 0 Å². The summed E-state index contributed by atoms with van der Waals surface area (Å²) < 4.78 is 98.7. The molecule has 0 radical (unpaired) electrons. The Hall–Kier alpha value is -3.36. The number of alkyl halides is 5. The van der Waals surface area contributed by atoms with E-state index in [0.29, 0.717) is 13.8 Å². The van der Waals surface area contributed by atoms with E-state index in [9.17, 15) is 40.3 Å². The molecule has 0 fully saturated rings. The monoisotopic (exact) mass is 499 g/mol. The highest BCUT2D eigenvalue weighted by atomic mass is 19.4. The van der Waals surface area contributed by atoms with Gasteiger partial charge < -0.3 is 10.1 Å². The van der Waals surface area contributed by atoms with E-state index < -0.39 is 59.9 Å². The van der Waals surface area contributed by atoms with Crippen molar-refractivity contribution < 1.29 is 45.1 Å². The van der Waals surface area contributed by atoms with Crippen LogP contribution in [0.2, 0.25) is 0 Å². The van der Waals surface area contributed by atoms with Crippen molar-refractivity contribution in [3.63, 3.8) is 0 Å². The molecule has 0 aliphatic rings. The van der Waals surface area contributed by atoms with Crippen LogP contribution in [0.5, 0.6) is 0 Å². The second-order valence-electron chi connectivity index (χ2n) is 7.51. The summed E-state index contributed by atoms with van der Waals surface area (Å²) in [5.74, 6) is -3.63. The van der Waals surface area contributed by atoms with Gasteiger partial charge in [0.05, 0.1) is 18.2 Å². The van der Waals surface area contributed by atoms with E-state index in [4.69, 9.17) is 0 Å². The molecule has 3 N–H and O–H groups in total. The number of hydrazine groups is 1. The van der Waals surface area contributed by atoms with Crippen LogP contribution >= 0.6 is 0 Å². The average molecular weight is 499 g/mol. The average Bonchev–Trinajstić information content (AvgIpc) is 3.23. The Morgan fingerprint density at radius 1 is 1.15 bits per heavy atom. The fraction of sp³-hybridized carbons (Fsp3) is 0.421. The quantitative estimate of drug-likeness (QED) is 0.381. The zero-order chi connectivity index (χ0) is 25.8. The predicted molar refractivity (Wildman–Crippen MR) is 103 cm³/mol. The summed E-state index contributed by atoms with van der Waals surface area (Å²) in [6.07, 6.45) is -5.30. The number of methoxy groups -OCH3 is 1. The van der Waals surface area contributed by atoms with Gasteiger partial charge in [-0.3, -0.25) is 10.2 Å². The number of rotatable bonds is 8. The van der Waals surface area contributed by atoms with E-state index in [0.717, 1.165) is 31.5 Å². The molecule has 8 nitrogen and oxygen atoms in total. The molecular weight excluding hydrogens is 479 g/mol. The van der Waals surface area contributed by atoms with Crippen LogP contribution in [0.25, 0.3) is 11.3 Å². The highest BCUT2D eigenvalue weighted by Gasteiger charge is 2.55. The second-order valence-corrected chi connectivity index (χ2v) is 7.51. The molecule has 0 spiro atoms. The first-order valence-corrected chi connectivity index (χ1v) is 9.44. The minimum atomic E-state index is -4.92. The Morgan fingerprint density at radius 3 is 2.21 bits per heavy atom. The Kier molecular flexibility index (Phi) is 8.13. The van der Waals surface area contributed by atoms with E-state index in [1.807, 2.05) is 5.43 Å².